The van der Waals surface area contributed by atoms with Gasteiger partial charge < -0.3 is 10.2 Å². The molecule has 0 aliphatic rings. The summed E-state index contributed by atoms with van der Waals surface area (Å²) in [5.41, 5.74) is 2.64. The van der Waals surface area contributed by atoms with E-state index in [0.29, 0.717) is 0 Å². The van der Waals surface area contributed by atoms with Crippen molar-refractivity contribution in [1.29, 1.82) is 0 Å². The van der Waals surface area contributed by atoms with Crippen molar-refractivity contribution in [3.05, 3.63) is 51.5 Å². The summed E-state index contributed by atoms with van der Waals surface area (Å²) in [6, 6.07) is 8.49. The first-order valence-corrected chi connectivity index (χ1v) is 8.87. The number of thiazole rings is 1. The van der Waals surface area contributed by atoms with Crippen molar-refractivity contribution in [2.24, 2.45) is 4.99 Å². The van der Waals surface area contributed by atoms with Gasteiger partial charge >= 0.3 is 0 Å². The van der Waals surface area contributed by atoms with Crippen LogP contribution in [-0.2, 0) is 13.0 Å². The molecule has 0 unspecified atom stereocenters. The van der Waals surface area contributed by atoms with E-state index >= 15 is 0 Å². The maximum Gasteiger partial charge on any atom is 0.193 e. The Hall–Kier alpha value is -1.15. The van der Waals surface area contributed by atoms with Crippen molar-refractivity contribution in [1.82, 2.24) is 15.2 Å². The summed E-state index contributed by atoms with van der Waals surface area (Å²) in [4.78, 5) is 12.6. The van der Waals surface area contributed by atoms with Crippen molar-refractivity contribution in [3.63, 3.8) is 0 Å². The van der Waals surface area contributed by atoms with Gasteiger partial charge in [0.25, 0.3) is 0 Å². The molecule has 24 heavy (non-hydrogen) atoms. The number of nitrogens with one attached hydrogen (secondary N) is 1. The largest absolute Gasteiger partial charge is 0.357 e. The van der Waals surface area contributed by atoms with Gasteiger partial charge in [0.2, 0.25) is 0 Å². The van der Waals surface area contributed by atoms with Crippen LogP contribution in [0.1, 0.15) is 27.9 Å². The van der Waals surface area contributed by atoms with E-state index in [9.17, 15) is 0 Å². The third kappa shape index (κ3) is 6.39. The number of rotatable bonds is 6. The zero-order valence-corrected chi connectivity index (χ0v) is 18.0. The molecule has 1 heterocycles. The minimum absolute atomic E-state index is 0. The van der Waals surface area contributed by atoms with Crippen LogP contribution in [0.15, 0.2) is 35.5 Å². The Balaban J connectivity index is 0.00000288. The molecule has 0 aliphatic carbocycles. The van der Waals surface area contributed by atoms with E-state index < -0.39 is 0 Å². The van der Waals surface area contributed by atoms with E-state index in [1.54, 1.807) is 11.3 Å². The highest BCUT2D eigenvalue weighted by Gasteiger charge is 2.08. The van der Waals surface area contributed by atoms with Crippen LogP contribution < -0.4 is 5.32 Å². The van der Waals surface area contributed by atoms with Crippen molar-refractivity contribution in [2.75, 3.05) is 20.1 Å². The van der Waals surface area contributed by atoms with Crippen LogP contribution in [0.3, 0.4) is 0 Å². The van der Waals surface area contributed by atoms with Gasteiger partial charge in [-0.25, -0.2) is 4.98 Å². The van der Waals surface area contributed by atoms with E-state index in [2.05, 4.69) is 67.3 Å². The molecule has 0 bridgehead atoms. The number of hydrogen-bond donors (Lipinski definition) is 1. The molecule has 0 spiro atoms. The van der Waals surface area contributed by atoms with Gasteiger partial charge in [-0.3, -0.25) is 4.99 Å². The lowest BCUT2D eigenvalue weighted by molar-refractivity contribution is 0.476. The maximum atomic E-state index is 4.74. The number of aryl methyl sites for hydroxylation is 2. The van der Waals surface area contributed by atoms with Crippen molar-refractivity contribution in [3.8, 4) is 0 Å². The lowest BCUT2D eigenvalue weighted by atomic mass is 10.1. The molecule has 0 atom stereocenters. The summed E-state index contributed by atoms with van der Waals surface area (Å²) < 4.78 is 0. The molecule has 2 aromatic rings. The molecule has 1 aromatic carbocycles. The van der Waals surface area contributed by atoms with E-state index in [1.807, 2.05) is 6.20 Å². The second-order valence-corrected chi connectivity index (χ2v) is 6.95. The van der Waals surface area contributed by atoms with E-state index in [1.165, 1.54) is 16.0 Å². The number of aromatic nitrogens is 1. The first-order chi connectivity index (χ1) is 11.1. The first-order valence-electron chi connectivity index (χ1n) is 8.05. The molecule has 1 aromatic heterocycles. The Morgan fingerprint density at radius 3 is 2.67 bits per heavy atom. The molecule has 0 saturated heterocycles. The molecule has 132 valence electrons. The summed E-state index contributed by atoms with van der Waals surface area (Å²) in [6.07, 6.45) is 2.82. The number of hydrogen-bond acceptors (Lipinski definition) is 3. The Bertz CT molecular complexity index is 654. The molecule has 0 fully saturated rings. The highest BCUT2D eigenvalue weighted by atomic mass is 127. The van der Waals surface area contributed by atoms with E-state index in [0.717, 1.165) is 37.0 Å². The van der Waals surface area contributed by atoms with Gasteiger partial charge in [0.05, 0.1) is 5.01 Å². The average Bonchev–Trinajstić information content (AvgIpc) is 2.94. The highest BCUT2D eigenvalue weighted by Crippen LogP contribution is 2.12. The molecule has 2 rings (SSSR count). The molecule has 0 saturated carbocycles. The summed E-state index contributed by atoms with van der Waals surface area (Å²) in [6.45, 7) is 8.82. The number of nitrogens with zero attached hydrogens (tertiary/aromatic N) is 3. The third-order valence-electron chi connectivity index (χ3n) is 3.62. The van der Waals surface area contributed by atoms with Gasteiger partial charge in [-0.1, -0.05) is 24.3 Å². The molecule has 0 radical (unpaired) electrons. The molecule has 0 amide bonds. The second kappa shape index (κ2) is 10.7. The zero-order valence-electron chi connectivity index (χ0n) is 14.9. The Morgan fingerprint density at radius 1 is 1.29 bits per heavy atom. The van der Waals surface area contributed by atoms with Crippen molar-refractivity contribution in [2.45, 2.75) is 33.7 Å². The molecule has 4 nitrogen and oxygen atoms in total. The predicted octanol–water partition coefficient (Wildman–Crippen LogP) is 4.02. The molecule has 6 heteroatoms. The monoisotopic (exact) mass is 458 g/mol. The van der Waals surface area contributed by atoms with Gasteiger partial charge in [0, 0.05) is 44.2 Å². The summed E-state index contributed by atoms with van der Waals surface area (Å²) in [5, 5.41) is 4.53. The summed E-state index contributed by atoms with van der Waals surface area (Å²) in [7, 11) is 2.08. The number of halogens is 1. The maximum absolute atomic E-state index is 4.74. The molecular weight excluding hydrogens is 431 g/mol. The van der Waals surface area contributed by atoms with Crippen LogP contribution in [-0.4, -0.2) is 36.0 Å². The predicted molar refractivity (Wildman–Crippen MR) is 115 cm³/mol. The Kier molecular flexibility index (Phi) is 9.28. The molecular formula is C18H27IN4S. The van der Waals surface area contributed by atoms with Gasteiger partial charge in [0.1, 0.15) is 0 Å². The quantitative estimate of drug-likeness (QED) is 0.404. The first kappa shape index (κ1) is 20.9. The van der Waals surface area contributed by atoms with Crippen LogP contribution in [0.2, 0.25) is 0 Å². The van der Waals surface area contributed by atoms with E-state index in [-0.39, 0.29) is 24.0 Å². The smallest absolute Gasteiger partial charge is 0.193 e. The van der Waals surface area contributed by atoms with Crippen LogP contribution >= 0.6 is 35.3 Å². The lowest BCUT2D eigenvalue weighted by Crippen LogP contribution is -2.38. The summed E-state index contributed by atoms with van der Waals surface area (Å²) >= 11 is 1.75. The van der Waals surface area contributed by atoms with Crippen LogP contribution in [0.25, 0.3) is 0 Å². The number of aliphatic imine (C=N–C) groups is 1. The fourth-order valence-electron chi connectivity index (χ4n) is 2.36. The molecule has 0 aliphatic heterocycles. The fourth-order valence-corrected chi connectivity index (χ4v) is 3.14. The van der Waals surface area contributed by atoms with Crippen molar-refractivity contribution < 1.29 is 0 Å². The highest BCUT2D eigenvalue weighted by molar-refractivity contribution is 14.0. The third-order valence-corrected chi connectivity index (χ3v) is 4.59. The number of benzene rings is 1. The zero-order chi connectivity index (χ0) is 16.7. The van der Waals surface area contributed by atoms with E-state index in [4.69, 9.17) is 4.99 Å². The summed E-state index contributed by atoms with van der Waals surface area (Å²) in [5.74, 6) is 0.948. The lowest BCUT2D eigenvalue weighted by Gasteiger charge is -2.23. The minimum Gasteiger partial charge on any atom is -0.357 e. The SMILES string of the molecule is CCNC(=NCCc1ncc(C)s1)N(C)Cc1ccccc1C.I. The minimum atomic E-state index is 0. The van der Waals surface area contributed by atoms with Gasteiger partial charge in [0.15, 0.2) is 5.96 Å². The standard InChI is InChI=1S/C18H26N4S.HI/c1-5-19-18(20-11-10-17-21-12-15(3)23-17)22(4)13-16-9-7-6-8-14(16)2;/h6-9,12H,5,10-11,13H2,1-4H3,(H,19,20);1H. The number of guanidine groups is 1. The van der Waals surface area contributed by atoms with Crippen molar-refractivity contribution >= 4 is 41.3 Å². The normalized spacial score (nSPS) is 11.1. The van der Waals surface area contributed by atoms with Gasteiger partial charge in [-0.2, -0.15) is 0 Å². The van der Waals surface area contributed by atoms with Crippen LogP contribution in [0, 0.1) is 13.8 Å². The van der Waals surface area contributed by atoms with Crippen LogP contribution in [0.4, 0.5) is 0 Å². The topological polar surface area (TPSA) is 40.5 Å². The van der Waals surface area contributed by atoms with Gasteiger partial charge in [-0.15, -0.1) is 35.3 Å². The Morgan fingerprint density at radius 2 is 2.04 bits per heavy atom. The average molecular weight is 458 g/mol. The van der Waals surface area contributed by atoms with Gasteiger partial charge in [-0.05, 0) is 31.9 Å². The fraction of sp³-hybridized carbons (Fsp3) is 0.444. The Labute approximate surface area is 166 Å². The molecule has 1 N–H and O–H groups in total. The second-order valence-electron chi connectivity index (χ2n) is 5.63. The van der Waals surface area contributed by atoms with Crippen LogP contribution in [0.5, 0.6) is 0 Å².